The Morgan fingerprint density at radius 1 is 1.10 bits per heavy atom. The maximum atomic E-state index is 13.4. The number of sulfonamides is 1. The summed E-state index contributed by atoms with van der Waals surface area (Å²) in [5.41, 5.74) is 1.97. The van der Waals surface area contributed by atoms with Crippen LogP contribution in [-0.2, 0) is 16.6 Å². The van der Waals surface area contributed by atoms with Gasteiger partial charge in [0, 0.05) is 23.2 Å². The molecule has 2 aromatic carbocycles. The van der Waals surface area contributed by atoms with E-state index in [0.717, 1.165) is 42.1 Å². The van der Waals surface area contributed by atoms with Crippen molar-refractivity contribution >= 4 is 32.5 Å². The van der Waals surface area contributed by atoms with Gasteiger partial charge in [0.15, 0.2) is 0 Å². The predicted octanol–water partition coefficient (Wildman–Crippen LogP) is 4.62. The maximum absolute atomic E-state index is 13.4. The summed E-state index contributed by atoms with van der Waals surface area (Å²) in [5, 5.41) is 1.38. The van der Waals surface area contributed by atoms with Gasteiger partial charge in [-0.05, 0) is 61.0 Å². The van der Waals surface area contributed by atoms with E-state index in [1.807, 2.05) is 25.1 Å². The second kappa shape index (κ2) is 7.94. The molecule has 3 aromatic rings. The van der Waals surface area contributed by atoms with E-state index in [1.54, 1.807) is 18.2 Å². The minimum Gasteiger partial charge on any atom is -0.321 e. The summed E-state index contributed by atoms with van der Waals surface area (Å²) in [7, 11) is -3.76. The van der Waals surface area contributed by atoms with Crippen molar-refractivity contribution in [2.24, 2.45) is 0 Å². The van der Waals surface area contributed by atoms with Crippen molar-refractivity contribution in [2.75, 3.05) is 0 Å². The number of hydrogen-bond acceptors (Lipinski definition) is 3. The van der Waals surface area contributed by atoms with Crippen LogP contribution in [0.2, 0.25) is 5.02 Å². The number of aromatic amines is 1. The quantitative estimate of drug-likeness (QED) is 0.641. The van der Waals surface area contributed by atoms with Crippen LogP contribution in [0, 0.1) is 6.92 Å². The molecule has 0 spiro atoms. The number of fused-ring (bicyclic) bond motifs is 1. The smallest absolute Gasteiger partial charge is 0.252 e. The monoisotopic (exact) mass is 430 g/mol. The Kier molecular flexibility index (Phi) is 5.51. The largest absolute Gasteiger partial charge is 0.321 e. The Morgan fingerprint density at radius 3 is 2.48 bits per heavy atom. The number of hydrogen-bond donors (Lipinski definition) is 1. The van der Waals surface area contributed by atoms with Gasteiger partial charge in [-0.25, -0.2) is 8.42 Å². The average molecular weight is 431 g/mol. The van der Waals surface area contributed by atoms with Gasteiger partial charge in [-0.15, -0.1) is 0 Å². The molecule has 4 rings (SSSR count). The molecule has 0 amide bonds. The van der Waals surface area contributed by atoms with Crippen molar-refractivity contribution in [3.63, 3.8) is 0 Å². The first-order valence-electron chi connectivity index (χ1n) is 9.75. The van der Waals surface area contributed by atoms with Gasteiger partial charge in [-0.2, -0.15) is 4.31 Å². The Bertz CT molecular complexity index is 1200. The number of nitrogens with zero attached hydrogens (tertiary/aromatic N) is 1. The van der Waals surface area contributed by atoms with Crippen LogP contribution in [0.25, 0.3) is 10.9 Å². The van der Waals surface area contributed by atoms with Crippen LogP contribution in [-0.4, -0.2) is 23.7 Å². The standard InChI is InChI=1S/C22H23ClN2O3S/c1-15-5-4-6-16-13-17(22(26)24-21(15)16)14-25(19-7-2-3-8-19)29(27,28)20-11-9-18(23)10-12-20/h4-6,9-13,19H,2-3,7-8,14H2,1H3,(H,24,26). The number of nitrogens with one attached hydrogen (secondary N) is 1. The lowest BCUT2D eigenvalue weighted by atomic mass is 10.1. The van der Waals surface area contributed by atoms with Gasteiger partial charge in [0.1, 0.15) is 0 Å². The number of H-pyrrole nitrogens is 1. The maximum Gasteiger partial charge on any atom is 0.252 e. The molecule has 0 unspecified atom stereocenters. The third kappa shape index (κ3) is 3.97. The molecule has 5 nitrogen and oxygen atoms in total. The van der Waals surface area contributed by atoms with E-state index in [2.05, 4.69) is 4.98 Å². The molecular weight excluding hydrogens is 408 g/mol. The number of pyridine rings is 1. The lowest BCUT2D eigenvalue weighted by Gasteiger charge is -2.28. The summed E-state index contributed by atoms with van der Waals surface area (Å²) >= 11 is 5.93. The molecule has 1 N–H and O–H groups in total. The highest BCUT2D eigenvalue weighted by Crippen LogP contribution is 2.30. The number of aromatic nitrogens is 1. The summed E-state index contributed by atoms with van der Waals surface area (Å²) in [6.07, 6.45) is 3.59. The van der Waals surface area contributed by atoms with Crippen LogP contribution in [0.3, 0.4) is 0 Å². The van der Waals surface area contributed by atoms with Gasteiger partial charge in [-0.3, -0.25) is 4.79 Å². The fraction of sp³-hybridized carbons (Fsp3) is 0.318. The normalized spacial score (nSPS) is 15.4. The minimum atomic E-state index is -3.76. The lowest BCUT2D eigenvalue weighted by molar-refractivity contribution is 0.315. The first-order valence-corrected chi connectivity index (χ1v) is 11.6. The zero-order valence-electron chi connectivity index (χ0n) is 16.2. The van der Waals surface area contributed by atoms with Crippen LogP contribution in [0.5, 0.6) is 0 Å². The van der Waals surface area contributed by atoms with Crippen molar-refractivity contribution in [1.82, 2.24) is 9.29 Å². The van der Waals surface area contributed by atoms with Crippen LogP contribution >= 0.6 is 11.6 Å². The highest BCUT2D eigenvalue weighted by Gasteiger charge is 2.34. The van der Waals surface area contributed by atoms with E-state index in [0.29, 0.717) is 10.6 Å². The van der Waals surface area contributed by atoms with Crippen molar-refractivity contribution < 1.29 is 8.42 Å². The number of aryl methyl sites for hydroxylation is 1. The van der Waals surface area contributed by atoms with Crippen molar-refractivity contribution in [2.45, 2.75) is 50.1 Å². The molecule has 1 fully saturated rings. The first-order chi connectivity index (χ1) is 13.9. The Morgan fingerprint density at radius 2 is 1.79 bits per heavy atom. The average Bonchev–Trinajstić information content (AvgIpc) is 3.21. The fourth-order valence-corrected chi connectivity index (χ4v) is 5.85. The molecule has 0 atom stereocenters. The highest BCUT2D eigenvalue weighted by atomic mass is 35.5. The zero-order chi connectivity index (χ0) is 20.6. The first kappa shape index (κ1) is 20.1. The zero-order valence-corrected chi connectivity index (χ0v) is 17.8. The summed E-state index contributed by atoms with van der Waals surface area (Å²) in [4.78, 5) is 15.9. The molecule has 0 saturated heterocycles. The van der Waals surface area contributed by atoms with Crippen LogP contribution < -0.4 is 5.56 Å². The number of benzene rings is 2. The summed E-state index contributed by atoms with van der Waals surface area (Å²) in [6, 6.07) is 13.7. The summed E-state index contributed by atoms with van der Waals surface area (Å²) < 4.78 is 28.4. The molecule has 29 heavy (non-hydrogen) atoms. The molecule has 1 saturated carbocycles. The van der Waals surface area contributed by atoms with Gasteiger partial charge < -0.3 is 4.98 Å². The van der Waals surface area contributed by atoms with Crippen molar-refractivity contribution in [1.29, 1.82) is 0 Å². The number of rotatable bonds is 5. The summed E-state index contributed by atoms with van der Waals surface area (Å²) in [5.74, 6) is 0. The molecule has 0 aliphatic heterocycles. The van der Waals surface area contributed by atoms with E-state index in [9.17, 15) is 13.2 Å². The van der Waals surface area contributed by atoms with Crippen LogP contribution in [0.1, 0.15) is 36.8 Å². The lowest BCUT2D eigenvalue weighted by Crippen LogP contribution is -2.39. The molecule has 0 bridgehead atoms. The summed E-state index contributed by atoms with van der Waals surface area (Å²) in [6.45, 7) is 1.99. The number of halogens is 1. The van der Waals surface area contributed by atoms with Crippen LogP contribution in [0.15, 0.2) is 58.2 Å². The van der Waals surface area contributed by atoms with Gasteiger partial charge in [0.25, 0.3) is 5.56 Å². The third-order valence-corrected chi connectivity index (χ3v) is 7.81. The minimum absolute atomic E-state index is 0.0504. The van der Waals surface area contributed by atoms with Gasteiger partial charge in [0.05, 0.1) is 10.4 Å². The number of para-hydroxylation sites is 1. The molecule has 1 aliphatic carbocycles. The van der Waals surface area contributed by atoms with Gasteiger partial charge in [0.2, 0.25) is 10.0 Å². The molecule has 1 aliphatic rings. The van der Waals surface area contributed by atoms with Crippen molar-refractivity contribution in [3.8, 4) is 0 Å². The van der Waals surface area contributed by atoms with Crippen LogP contribution in [0.4, 0.5) is 0 Å². The molecule has 7 heteroatoms. The predicted molar refractivity (Wildman–Crippen MR) is 116 cm³/mol. The van der Waals surface area contributed by atoms with Crippen molar-refractivity contribution in [3.05, 3.63) is 75.0 Å². The SMILES string of the molecule is Cc1cccc2cc(CN(C3CCCC3)S(=O)(=O)c3ccc(Cl)cc3)c(=O)[nH]c12. The Balaban J connectivity index is 1.77. The fourth-order valence-electron chi connectivity index (χ4n) is 4.06. The van der Waals surface area contributed by atoms with E-state index >= 15 is 0 Å². The molecule has 152 valence electrons. The van der Waals surface area contributed by atoms with Gasteiger partial charge in [-0.1, -0.05) is 42.6 Å². The molecule has 0 radical (unpaired) electrons. The Labute approximate surface area is 175 Å². The van der Waals surface area contributed by atoms with E-state index < -0.39 is 10.0 Å². The molecule has 1 aromatic heterocycles. The second-order valence-corrected chi connectivity index (χ2v) is 9.93. The second-order valence-electron chi connectivity index (χ2n) is 7.61. The van der Waals surface area contributed by atoms with E-state index in [4.69, 9.17) is 11.6 Å². The third-order valence-electron chi connectivity index (χ3n) is 5.64. The van der Waals surface area contributed by atoms with Gasteiger partial charge >= 0.3 is 0 Å². The van der Waals surface area contributed by atoms with E-state index in [-0.39, 0.29) is 23.0 Å². The topological polar surface area (TPSA) is 70.2 Å². The Hall–Kier alpha value is -2.15. The van der Waals surface area contributed by atoms with E-state index in [1.165, 1.54) is 16.4 Å². The highest BCUT2D eigenvalue weighted by molar-refractivity contribution is 7.89. The molecular formula is C22H23ClN2O3S. The molecule has 1 heterocycles.